The van der Waals surface area contributed by atoms with Crippen LogP contribution < -0.4 is 5.32 Å². The molecule has 0 aromatic heterocycles. The van der Waals surface area contributed by atoms with Crippen LogP contribution >= 0.6 is 11.6 Å². The zero-order chi connectivity index (χ0) is 10.6. The van der Waals surface area contributed by atoms with E-state index in [1.807, 2.05) is 24.3 Å². The number of hydrogen-bond acceptors (Lipinski definition) is 1. The standard InChI is InChI=1S/C11H15ClFN/c1-11(2,13)8-14-7-9-3-5-10(12)6-4-9/h3-6,14H,7-8H2,1-2H3. The first-order valence-electron chi connectivity index (χ1n) is 4.61. The minimum atomic E-state index is -1.16. The van der Waals surface area contributed by atoms with Crippen LogP contribution in [0.15, 0.2) is 24.3 Å². The van der Waals surface area contributed by atoms with Crippen molar-refractivity contribution in [2.45, 2.75) is 26.1 Å². The van der Waals surface area contributed by atoms with E-state index in [1.165, 1.54) is 0 Å². The molecule has 0 spiro atoms. The molecule has 0 amide bonds. The molecule has 0 bridgehead atoms. The molecule has 0 atom stereocenters. The van der Waals surface area contributed by atoms with Gasteiger partial charge in [-0.2, -0.15) is 0 Å². The molecule has 0 heterocycles. The number of halogens is 2. The van der Waals surface area contributed by atoms with Gasteiger partial charge in [0.25, 0.3) is 0 Å². The van der Waals surface area contributed by atoms with E-state index in [1.54, 1.807) is 13.8 Å². The highest BCUT2D eigenvalue weighted by molar-refractivity contribution is 6.30. The molecule has 0 fully saturated rings. The fourth-order valence-corrected chi connectivity index (χ4v) is 1.23. The van der Waals surface area contributed by atoms with Crippen LogP contribution in [0.5, 0.6) is 0 Å². The van der Waals surface area contributed by atoms with E-state index in [0.29, 0.717) is 13.1 Å². The first-order chi connectivity index (χ1) is 6.47. The predicted octanol–water partition coefficient (Wildman–Crippen LogP) is 3.18. The average Bonchev–Trinajstić information content (AvgIpc) is 2.06. The van der Waals surface area contributed by atoms with Gasteiger partial charge in [0.2, 0.25) is 0 Å². The highest BCUT2D eigenvalue weighted by Crippen LogP contribution is 2.10. The maximum Gasteiger partial charge on any atom is 0.117 e. The largest absolute Gasteiger partial charge is 0.310 e. The molecule has 0 aliphatic carbocycles. The van der Waals surface area contributed by atoms with Crippen molar-refractivity contribution in [1.82, 2.24) is 5.32 Å². The van der Waals surface area contributed by atoms with Crippen LogP contribution in [0.25, 0.3) is 0 Å². The molecule has 1 aromatic rings. The van der Waals surface area contributed by atoms with Gasteiger partial charge in [0.1, 0.15) is 5.67 Å². The molecule has 0 aliphatic rings. The normalized spacial score (nSPS) is 11.7. The summed E-state index contributed by atoms with van der Waals surface area (Å²) in [5.41, 5.74) is -0.0504. The summed E-state index contributed by atoms with van der Waals surface area (Å²) in [6.45, 7) is 4.14. The second kappa shape index (κ2) is 4.76. The quantitative estimate of drug-likeness (QED) is 0.814. The van der Waals surface area contributed by atoms with Gasteiger partial charge in [0, 0.05) is 18.1 Å². The topological polar surface area (TPSA) is 12.0 Å². The summed E-state index contributed by atoms with van der Waals surface area (Å²) in [6, 6.07) is 7.53. The number of alkyl halides is 1. The van der Waals surface area contributed by atoms with Crippen LogP contribution in [0.3, 0.4) is 0 Å². The van der Waals surface area contributed by atoms with Crippen molar-refractivity contribution in [2.75, 3.05) is 6.54 Å². The molecule has 3 heteroatoms. The third kappa shape index (κ3) is 4.58. The minimum Gasteiger partial charge on any atom is -0.310 e. The van der Waals surface area contributed by atoms with Gasteiger partial charge in [-0.3, -0.25) is 0 Å². The lowest BCUT2D eigenvalue weighted by Gasteiger charge is -2.14. The number of benzene rings is 1. The Morgan fingerprint density at radius 3 is 2.36 bits per heavy atom. The Bertz CT molecular complexity index is 276. The Morgan fingerprint density at radius 1 is 1.29 bits per heavy atom. The van der Waals surface area contributed by atoms with Crippen molar-refractivity contribution in [2.24, 2.45) is 0 Å². The van der Waals surface area contributed by atoms with Crippen molar-refractivity contribution >= 4 is 11.6 Å². The molecule has 1 nitrogen and oxygen atoms in total. The summed E-state index contributed by atoms with van der Waals surface area (Å²) in [5.74, 6) is 0. The highest BCUT2D eigenvalue weighted by Gasteiger charge is 2.13. The Kier molecular flexibility index (Phi) is 3.90. The van der Waals surface area contributed by atoms with Gasteiger partial charge in [-0.25, -0.2) is 4.39 Å². The summed E-state index contributed by atoms with van der Waals surface area (Å²) in [4.78, 5) is 0. The van der Waals surface area contributed by atoms with Crippen LogP contribution in [0, 0.1) is 0 Å². The van der Waals surface area contributed by atoms with Crippen LogP contribution in [0.2, 0.25) is 5.02 Å². The lowest BCUT2D eigenvalue weighted by Crippen LogP contribution is -2.30. The Hall–Kier alpha value is -0.600. The van der Waals surface area contributed by atoms with Crippen LogP contribution in [-0.2, 0) is 6.54 Å². The molecule has 0 saturated heterocycles. The SMILES string of the molecule is CC(C)(F)CNCc1ccc(Cl)cc1. The second-order valence-electron chi connectivity index (χ2n) is 3.95. The van der Waals surface area contributed by atoms with Gasteiger partial charge in [0.15, 0.2) is 0 Å². The van der Waals surface area contributed by atoms with Crippen LogP contribution in [0.1, 0.15) is 19.4 Å². The number of nitrogens with one attached hydrogen (secondary N) is 1. The van der Waals surface area contributed by atoms with Crippen molar-refractivity contribution in [1.29, 1.82) is 0 Å². The van der Waals surface area contributed by atoms with Gasteiger partial charge in [-0.05, 0) is 31.5 Å². The number of hydrogen-bond donors (Lipinski definition) is 1. The van der Waals surface area contributed by atoms with Gasteiger partial charge < -0.3 is 5.32 Å². The first-order valence-corrected chi connectivity index (χ1v) is 4.99. The van der Waals surface area contributed by atoms with Crippen molar-refractivity contribution in [3.8, 4) is 0 Å². The van der Waals surface area contributed by atoms with Crippen molar-refractivity contribution < 1.29 is 4.39 Å². The summed E-state index contributed by atoms with van der Waals surface area (Å²) in [6.07, 6.45) is 0. The number of rotatable bonds is 4. The summed E-state index contributed by atoms with van der Waals surface area (Å²) in [5, 5.41) is 3.76. The van der Waals surface area contributed by atoms with Crippen molar-refractivity contribution in [3.63, 3.8) is 0 Å². The van der Waals surface area contributed by atoms with Gasteiger partial charge in [-0.15, -0.1) is 0 Å². The van der Waals surface area contributed by atoms with Gasteiger partial charge >= 0.3 is 0 Å². The highest BCUT2D eigenvalue weighted by atomic mass is 35.5. The fourth-order valence-electron chi connectivity index (χ4n) is 1.11. The molecular weight excluding hydrogens is 201 g/mol. The maximum atomic E-state index is 13.1. The molecule has 1 rings (SSSR count). The monoisotopic (exact) mass is 215 g/mol. The molecule has 0 aliphatic heterocycles. The van der Waals surface area contributed by atoms with Gasteiger partial charge in [0.05, 0.1) is 0 Å². The zero-order valence-electron chi connectivity index (χ0n) is 8.48. The minimum absolute atomic E-state index is 0.357. The van der Waals surface area contributed by atoms with E-state index in [4.69, 9.17) is 11.6 Å². The first kappa shape index (κ1) is 11.5. The van der Waals surface area contributed by atoms with Crippen molar-refractivity contribution in [3.05, 3.63) is 34.9 Å². The molecule has 1 N–H and O–H groups in total. The second-order valence-corrected chi connectivity index (χ2v) is 4.39. The summed E-state index contributed by atoms with van der Waals surface area (Å²) in [7, 11) is 0. The molecule has 0 unspecified atom stereocenters. The lowest BCUT2D eigenvalue weighted by atomic mass is 10.1. The summed E-state index contributed by atoms with van der Waals surface area (Å²) >= 11 is 5.74. The van der Waals surface area contributed by atoms with Gasteiger partial charge in [-0.1, -0.05) is 23.7 Å². The maximum absolute atomic E-state index is 13.1. The van der Waals surface area contributed by atoms with E-state index < -0.39 is 5.67 Å². The van der Waals surface area contributed by atoms with E-state index in [2.05, 4.69) is 5.32 Å². The predicted molar refractivity (Wildman–Crippen MR) is 58.3 cm³/mol. The van der Waals surface area contributed by atoms with E-state index in [-0.39, 0.29) is 0 Å². The smallest absolute Gasteiger partial charge is 0.117 e. The molecule has 1 aromatic carbocycles. The average molecular weight is 216 g/mol. The third-order valence-corrected chi connectivity index (χ3v) is 2.04. The Balaban J connectivity index is 2.35. The molecule has 78 valence electrons. The molecule has 0 saturated carbocycles. The molecular formula is C11H15ClFN. The lowest BCUT2D eigenvalue weighted by molar-refractivity contribution is 0.210. The Labute approximate surface area is 89.3 Å². The zero-order valence-corrected chi connectivity index (χ0v) is 9.24. The summed E-state index contributed by atoms with van der Waals surface area (Å²) < 4.78 is 13.1. The Morgan fingerprint density at radius 2 is 1.86 bits per heavy atom. The van der Waals surface area contributed by atoms with E-state index in [9.17, 15) is 4.39 Å². The molecule has 14 heavy (non-hydrogen) atoms. The van der Waals surface area contributed by atoms with E-state index in [0.717, 1.165) is 10.6 Å². The fraction of sp³-hybridized carbons (Fsp3) is 0.455. The molecule has 0 radical (unpaired) electrons. The van der Waals surface area contributed by atoms with Crippen LogP contribution in [0.4, 0.5) is 4.39 Å². The van der Waals surface area contributed by atoms with E-state index >= 15 is 0 Å². The van der Waals surface area contributed by atoms with Crippen LogP contribution in [-0.4, -0.2) is 12.2 Å². The third-order valence-electron chi connectivity index (χ3n) is 1.79.